The van der Waals surface area contributed by atoms with E-state index in [0.29, 0.717) is 0 Å². The molecule has 80 valence electrons. The predicted octanol–water partition coefficient (Wildman–Crippen LogP) is 2.66. The SMILES string of the molecule is Cc1ccc(/C=C(/C(C)C)[N+](=O)[O-])cn1. The van der Waals surface area contributed by atoms with Crippen molar-refractivity contribution in [1.82, 2.24) is 4.98 Å². The lowest BCUT2D eigenvalue weighted by Gasteiger charge is -2.01. The molecule has 1 heterocycles. The van der Waals surface area contributed by atoms with Crippen molar-refractivity contribution < 1.29 is 4.92 Å². The van der Waals surface area contributed by atoms with Crippen LogP contribution in [0.25, 0.3) is 6.08 Å². The zero-order valence-electron chi connectivity index (χ0n) is 9.10. The molecule has 15 heavy (non-hydrogen) atoms. The molecule has 4 heteroatoms. The molecule has 0 amide bonds. The Balaban J connectivity index is 3.02. The summed E-state index contributed by atoms with van der Waals surface area (Å²) >= 11 is 0. The van der Waals surface area contributed by atoms with Crippen LogP contribution in [0.1, 0.15) is 25.1 Å². The van der Waals surface area contributed by atoms with Gasteiger partial charge in [0, 0.05) is 23.9 Å². The van der Waals surface area contributed by atoms with Crippen LogP contribution in [0.4, 0.5) is 0 Å². The maximum absolute atomic E-state index is 10.7. The molecule has 0 aromatic carbocycles. The maximum Gasteiger partial charge on any atom is 0.249 e. The van der Waals surface area contributed by atoms with Crippen molar-refractivity contribution >= 4 is 6.08 Å². The molecule has 1 aromatic rings. The molecule has 1 aromatic heterocycles. The highest BCUT2D eigenvalue weighted by Gasteiger charge is 2.15. The third-order valence-electron chi connectivity index (χ3n) is 2.05. The third-order valence-corrected chi connectivity index (χ3v) is 2.05. The van der Waals surface area contributed by atoms with Gasteiger partial charge in [-0.15, -0.1) is 0 Å². The Hall–Kier alpha value is -1.71. The summed E-state index contributed by atoms with van der Waals surface area (Å²) < 4.78 is 0. The van der Waals surface area contributed by atoms with Gasteiger partial charge in [0.1, 0.15) is 0 Å². The average molecular weight is 206 g/mol. The number of allylic oxidation sites excluding steroid dienone is 1. The normalized spacial score (nSPS) is 11.9. The van der Waals surface area contributed by atoms with Gasteiger partial charge < -0.3 is 0 Å². The van der Waals surface area contributed by atoms with Crippen molar-refractivity contribution in [3.63, 3.8) is 0 Å². The first kappa shape index (κ1) is 11.4. The Labute approximate surface area is 88.8 Å². The number of rotatable bonds is 3. The molecule has 0 N–H and O–H groups in total. The van der Waals surface area contributed by atoms with E-state index in [0.717, 1.165) is 11.3 Å². The topological polar surface area (TPSA) is 56.0 Å². The number of aromatic nitrogens is 1. The lowest BCUT2D eigenvalue weighted by atomic mass is 10.1. The van der Waals surface area contributed by atoms with Crippen LogP contribution in [-0.2, 0) is 0 Å². The Morgan fingerprint density at radius 2 is 2.20 bits per heavy atom. The molecule has 4 nitrogen and oxygen atoms in total. The van der Waals surface area contributed by atoms with Crippen molar-refractivity contribution in [2.24, 2.45) is 5.92 Å². The van der Waals surface area contributed by atoms with Crippen LogP contribution < -0.4 is 0 Å². The third kappa shape index (κ3) is 3.16. The van der Waals surface area contributed by atoms with E-state index in [2.05, 4.69) is 4.98 Å². The minimum atomic E-state index is -0.343. The molecular weight excluding hydrogens is 192 g/mol. The second-order valence-electron chi connectivity index (χ2n) is 3.71. The summed E-state index contributed by atoms with van der Waals surface area (Å²) in [5.74, 6) is -0.0960. The van der Waals surface area contributed by atoms with Gasteiger partial charge in [0.2, 0.25) is 5.70 Å². The Morgan fingerprint density at radius 1 is 1.53 bits per heavy atom. The van der Waals surface area contributed by atoms with Crippen molar-refractivity contribution in [3.8, 4) is 0 Å². The zero-order valence-corrected chi connectivity index (χ0v) is 9.10. The van der Waals surface area contributed by atoms with Gasteiger partial charge in [-0.3, -0.25) is 15.1 Å². The first-order valence-electron chi connectivity index (χ1n) is 4.79. The van der Waals surface area contributed by atoms with Crippen molar-refractivity contribution in [1.29, 1.82) is 0 Å². The van der Waals surface area contributed by atoms with E-state index >= 15 is 0 Å². The molecule has 0 unspecified atom stereocenters. The summed E-state index contributed by atoms with van der Waals surface area (Å²) in [5.41, 5.74) is 1.88. The highest BCUT2D eigenvalue weighted by atomic mass is 16.6. The van der Waals surface area contributed by atoms with Gasteiger partial charge in [0.15, 0.2) is 0 Å². The Kier molecular flexibility index (Phi) is 3.55. The molecule has 0 aliphatic carbocycles. The minimum absolute atomic E-state index is 0.0960. The molecular formula is C11H14N2O2. The van der Waals surface area contributed by atoms with Crippen LogP contribution in [0, 0.1) is 23.0 Å². The first-order valence-corrected chi connectivity index (χ1v) is 4.79. The van der Waals surface area contributed by atoms with E-state index in [4.69, 9.17) is 0 Å². The molecule has 0 spiro atoms. The van der Waals surface area contributed by atoms with Gasteiger partial charge in [0.25, 0.3) is 0 Å². The molecule has 0 fully saturated rings. The van der Waals surface area contributed by atoms with Crippen molar-refractivity contribution in [2.75, 3.05) is 0 Å². The molecule has 0 saturated heterocycles. The number of nitro groups is 1. The summed E-state index contributed by atoms with van der Waals surface area (Å²) in [6.45, 7) is 5.48. The number of aryl methyl sites for hydroxylation is 1. The van der Waals surface area contributed by atoms with Crippen molar-refractivity contribution in [2.45, 2.75) is 20.8 Å². The number of hydrogen-bond donors (Lipinski definition) is 0. The quantitative estimate of drug-likeness (QED) is 0.564. The number of nitrogens with zero attached hydrogens (tertiary/aromatic N) is 2. The van der Waals surface area contributed by atoms with Gasteiger partial charge in [-0.2, -0.15) is 0 Å². The van der Waals surface area contributed by atoms with E-state index < -0.39 is 0 Å². The van der Waals surface area contributed by atoms with E-state index in [1.54, 1.807) is 26.1 Å². The monoisotopic (exact) mass is 206 g/mol. The summed E-state index contributed by atoms with van der Waals surface area (Å²) in [6, 6.07) is 3.66. The minimum Gasteiger partial charge on any atom is -0.261 e. The highest BCUT2D eigenvalue weighted by molar-refractivity contribution is 5.50. The second-order valence-corrected chi connectivity index (χ2v) is 3.71. The zero-order chi connectivity index (χ0) is 11.4. The smallest absolute Gasteiger partial charge is 0.249 e. The van der Waals surface area contributed by atoms with E-state index in [9.17, 15) is 10.1 Å². The van der Waals surface area contributed by atoms with Crippen LogP contribution in [0.3, 0.4) is 0 Å². The summed E-state index contributed by atoms with van der Waals surface area (Å²) in [5, 5.41) is 10.7. The molecule has 0 saturated carbocycles. The maximum atomic E-state index is 10.7. The standard InChI is InChI=1S/C11H14N2O2/c1-8(2)11(13(14)15)6-10-5-4-9(3)12-7-10/h4-8H,1-3H3/b11-6-. The predicted molar refractivity (Wildman–Crippen MR) is 58.8 cm³/mol. The van der Waals surface area contributed by atoms with E-state index in [-0.39, 0.29) is 16.5 Å². The lowest BCUT2D eigenvalue weighted by molar-refractivity contribution is -0.431. The molecule has 0 atom stereocenters. The highest BCUT2D eigenvalue weighted by Crippen LogP contribution is 2.14. The largest absolute Gasteiger partial charge is 0.261 e. The van der Waals surface area contributed by atoms with Gasteiger partial charge >= 0.3 is 0 Å². The Bertz CT molecular complexity index is 380. The lowest BCUT2D eigenvalue weighted by Crippen LogP contribution is -2.05. The van der Waals surface area contributed by atoms with Gasteiger partial charge in [-0.05, 0) is 18.6 Å². The van der Waals surface area contributed by atoms with E-state index in [1.165, 1.54) is 0 Å². The molecule has 0 bridgehead atoms. The molecule has 1 rings (SSSR count). The number of hydrogen-bond acceptors (Lipinski definition) is 3. The number of pyridine rings is 1. The van der Waals surface area contributed by atoms with Crippen LogP contribution >= 0.6 is 0 Å². The summed E-state index contributed by atoms with van der Waals surface area (Å²) in [4.78, 5) is 14.5. The summed E-state index contributed by atoms with van der Waals surface area (Å²) in [7, 11) is 0. The van der Waals surface area contributed by atoms with Gasteiger partial charge in [-0.25, -0.2) is 0 Å². The second kappa shape index (κ2) is 4.68. The van der Waals surface area contributed by atoms with Gasteiger partial charge in [0.05, 0.1) is 4.92 Å². The molecule has 0 aliphatic rings. The first-order chi connectivity index (χ1) is 7.00. The van der Waals surface area contributed by atoms with Crippen molar-refractivity contribution in [3.05, 3.63) is 45.4 Å². The van der Waals surface area contributed by atoms with Crippen LogP contribution in [0.2, 0.25) is 0 Å². The average Bonchev–Trinajstić information content (AvgIpc) is 2.15. The summed E-state index contributed by atoms with van der Waals surface area (Å²) in [6.07, 6.45) is 3.21. The molecule has 0 aliphatic heterocycles. The van der Waals surface area contributed by atoms with Gasteiger partial charge in [-0.1, -0.05) is 19.9 Å². The fraction of sp³-hybridized carbons (Fsp3) is 0.364. The fourth-order valence-corrected chi connectivity index (χ4v) is 1.17. The van der Waals surface area contributed by atoms with Crippen LogP contribution in [0.15, 0.2) is 24.0 Å². The van der Waals surface area contributed by atoms with Crippen LogP contribution in [-0.4, -0.2) is 9.91 Å². The van der Waals surface area contributed by atoms with E-state index in [1.807, 2.05) is 19.1 Å². The molecule has 0 radical (unpaired) electrons. The van der Waals surface area contributed by atoms with Crippen LogP contribution in [0.5, 0.6) is 0 Å². The Morgan fingerprint density at radius 3 is 2.60 bits per heavy atom. The fourth-order valence-electron chi connectivity index (χ4n) is 1.17.